The van der Waals surface area contributed by atoms with Crippen LogP contribution in [0.25, 0.3) is 0 Å². The van der Waals surface area contributed by atoms with Crippen molar-refractivity contribution in [3.63, 3.8) is 0 Å². The molecule has 1 saturated heterocycles. The first-order chi connectivity index (χ1) is 12.1. The third-order valence-electron chi connectivity index (χ3n) is 5.85. The number of hydrogen-bond donors (Lipinski definition) is 0. The van der Waals surface area contributed by atoms with Gasteiger partial charge in [0, 0.05) is 19.6 Å². The van der Waals surface area contributed by atoms with Gasteiger partial charge in [0.2, 0.25) is 0 Å². The number of nitrogens with zero attached hydrogens (tertiary/aromatic N) is 1. The zero-order chi connectivity index (χ0) is 17.6. The Morgan fingerprint density at radius 3 is 2.50 bits per heavy atom. The summed E-state index contributed by atoms with van der Waals surface area (Å²) in [5.41, 5.74) is 1.08. The topological polar surface area (TPSA) is 29.5 Å². The van der Waals surface area contributed by atoms with Gasteiger partial charge in [-0.05, 0) is 42.6 Å². The fourth-order valence-electron chi connectivity index (χ4n) is 4.13. The molecule has 1 fully saturated rings. The summed E-state index contributed by atoms with van der Waals surface area (Å²) < 4.78 is 5.73. The minimum atomic E-state index is -0.172. The molecule has 0 amide bonds. The van der Waals surface area contributed by atoms with E-state index in [1.807, 2.05) is 18.2 Å². The molecule has 3 rings (SSSR count). The molecular formula is C22H32ClNO2. The fraction of sp³-hybridized carbons (Fsp3) is 0.591. The van der Waals surface area contributed by atoms with E-state index in [0.717, 1.165) is 56.3 Å². The fourth-order valence-corrected chi connectivity index (χ4v) is 4.13. The van der Waals surface area contributed by atoms with Crippen molar-refractivity contribution < 1.29 is 9.53 Å². The number of likely N-dealkylation sites (tertiary alicyclic amines) is 1. The molecule has 4 heteroatoms. The molecule has 1 aliphatic carbocycles. The molecule has 3 nitrogen and oxygen atoms in total. The monoisotopic (exact) mass is 377 g/mol. The molecule has 0 saturated carbocycles. The van der Waals surface area contributed by atoms with Crippen LogP contribution < -0.4 is 0 Å². The van der Waals surface area contributed by atoms with Gasteiger partial charge in [-0.2, -0.15) is 0 Å². The number of benzene rings is 1. The van der Waals surface area contributed by atoms with E-state index in [-0.39, 0.29) is 30.2 Å². The lowest BCUT2D eigenvalue weighted by Gasteiger charge is -2.26. The third kappa shape index (κ3) is 5.34. The van der Waals surface area contributed by atoms with Gasteiger partial charge in [0.1, 0.15) is 6.61 Å². The molecule has 0 bridgehead atoms. The Hall–Kier alpha value is -1.32. The summed E-state index contributed by atoms with van der Waals surface area (Å²) >= 11 is 0. The molecule has 1 heterocycles. The predicted octanol–water partition coefficient (Wildman–Crippen LogP) is 4.68. The van der Waals surface area contributed by atoms with Crippen molar-refractivity contribution in [2.45, 2.75) is 39.0 Å². The van der Waals surface area contributed by atoms with Crippen molar-refractivity contribution in [3.8, 4) is 0 Å². The van der Waals surface area contributed by atoms with Crippen LogP contribution >= 0.6 is 12.4 Å². The molecule has 0 N–H and O–H groups in total. The van der Waals surface area contributed by atoms with E-state index in [2.05, 4.69) is 43.0 Å². The lowest BCUT2D eigenvalue weighted by molar-refractivity contribution is -0.147. The summed E-state index contributed by atoms with van der Waals surface area (Å²) in [5, 5.41) is 0. The lowest BCUT2D eigenvalue weighted by Crippen LogP contribution is -2.29. The van der Waals surface area contributed by atoms with E-state index in [0.29, 0.717) is 6.61 Å². The molecule has 1 aromatic rings. The quantitative estimate of drug-likeness (QED) is 0.532. The van der Waals surface area contributed by atoms with Gasteiger partial charge >= 0.3 is 5.97 Å². The maximum Gasteiger partial charge on any atom is 0.314 e. The average Bonchev–Trinajstić information content (AvgIpc) is 2.95. The van der Waals surface area contributed by atoms with Crippen LogP contribution in [0.1, 0.15) is 44.6 Å². The lowest BCUT2D eigenvalue weighted by atomic mass is 9.80. The van der Waals surface area contributed by atoms with Gasteiger partial charge in [0.05, 0.1) is 5.92 Å². The van der Waals surface area contributed by atoms with Crippen molar-refractivity contribution in [1.82, 2.24) is 4.90 Å². The number of ether oxygens (including phenoxy) is 1. The van der Waals surface area contributed by atoms with Gasteiger partial charge in [-0.1, -0.05) is 56.3 Å². The van der Waals surface area contributed by atoms with E-state index in [4.69, 9.17) is 4.74 Å². The number of carbonyl (C=O) groups is 1. The number of rotatable bonds is 6. The van der Waals surface area contributed by atoms with Gasteiger partial charge in [0.25, 0.3) is 0 Å². The average molecular weight is 378 g/mol. The van der Waals surface area contributed by atoms with Crippen molar-refractivity contribution in [2.24, 2.45) is 17.8 Å². The Morgan fingerprint density at radius 2 is 1.88 bits per heavy atom. The number of halogens is 1. The molecule has 1 aromatic carbocycles. The van der Waals surface area contributed by atoms with Crippen LogP contribution in [0.4, 0.5) is 0 Å². The van der Waals surface area contributed by atoms with Gasteiger partial charge in [-0.25, -0.2) is 0 Å². The van der Waals surface area contributed by atoms with Crippen molar-refractivity contribution in [2.75, 3.05) is 26.2 Å². The second kappa shape index (κ2) is 10.1. The van der Waals surface area contributed by atoms with Crippen molar-refractivity contribution in [1.29, 1.82) is 0 Å². The number of carbonyl (C=O) groups excluding carboxylic acids is 1. The molecule has 0 aromatic heterocycles. The number of esters is 1. The summed E-state index contributed by atoms with van der Waals surface area (Å²) in [5.74, 6) is 1.49. The van der Waals surface area contributed by atoms with E-state index >= 15 is 0 Å². The second-order valence-corrected chi connectivity index (χ2v) is 7.79. The molecule has 26 heavy (non-hydrogen) atoms. The van der Waals surface area contributed by atoms with Gasteiger partial charge in [-0.3, -0.25) is 9.69 Å². The standard InChI is InChI=1S/C22H31NO2.ClH/c1-17-15-23(16-18(17)2)13-14-25-22(24)21(19-9-5-3-6-10-19)20-11-7-4-8-12-20;/h3,5-7,9-11,17-18,20-21H,4,8,12-16H2,1-2H3;1H. The second-order valence-electron chi connectivity index (χ2n) is 7.79. The summed E-state index contributed by atoms with van der Waals surface area (Å²) in [6, 6.07) is 10.1. The predicted molar refractivity (Wildman–Crippen MR) is 109 cm³/mol. The highest BCUT2D eigenvalue weighted by Gasteiger charge is 2.31. The highest BCUT2D eigenvalue weighted by atomic mass is 35.5. The van der Waals surface area contributed by atoms with E-state index < -0.39 is 0 Å². The number of allylic oxidation sites excluding steroid dienone is 2. The van der Waals surface area contributed by atoms with E-state index in [1.54, 1.807) is 0 Å². The van der Waals surface area contributed by atoms with Gasteiger partial charge in [0.15, 0.2) is 0 Å². The summed E-state index contributed by atoms with van der Waals surface area (Å²) in [6.45, 7) is 8.19. The van der Waals surface area contributed by atoms with Gasteiger partial charge in [-0.15, -0.1) is 12.4 Å². The first-order valence-corrected chi connectivity index (χ1v) is 9.75. The largest absolute Gasteiger partial charge is 0.464 e. The first-order valence-electron chi connectivity index (χ1n) is 9.75. The zero-order valence-corrected chi connectivity index (χ0v) is 16.8. The minimum Gasteiger partial charge on any atom is -0.464 e. The Morgan fingerprint density at radius 1 is 1.19 bits per heavy atom. The molecule has 144 valence electrons. The first kappa shape index (κ1) is 21.0. The Balaban J connectivity index is 0.00000243. The number of hydrogen-bond acceptors (Lipinski definition) is 3. The maximum absolute atomic E-state index is 12.9. The molecule has 2 aliphatic rings. The Labute approximate surface area is 164 Å². The van der Waals surface area contributed by atoms with Crippen LogP contribution in [0.3, 0.4) is 0 Å². The molecular weight excluding hydrogens is 346 g/mol. The molecule has 1 aliphatic heterocycles. The summed E-state index contributed by atoms with van der Waals surface area (Å²) in [6.07, 6.45) is 7.77. The normalized spacial score (nSPS) is 26.9. The van der Waals surface area contributed by atoms with Crippen molar-refractivity contribution >= 4 is 18.4 Å². The van der Waals surface area contributed by atoms with Crippen LogP contribution in [0.15, 0.2) is 42.5 Å². The maximum atomic E-state index is 12.9. The summed E-state index contributed by atoms with van der Waals surface area (Å²) in [7, 11) is 0. The Kier molecular flexibility index (Phi) is 8.17. The smallest absolute Gasteiger partial charge is 0.314 e. The zero-order valence-electron chi connectivity index (χ0n) is 16.0. The summed E-state index contributed by atoms with van der Waals surface area (Å²) in [4.78, 5) is 15.3. The highest BCUT2D eigenvalue weighted by molar-refractivity contribution is 5.85. The van der Waals surface area contributed by atoms with Crippen LogP contribution in [-0.2, 0) is 9.53 Å². The minimum absolute atomic E-state index is 0. The molecule has 0 radical (unpaired) electrons. The van der Waals surface area contributed by atoms with Crippen LogP contribution in [0.5, 0.6) is 0 Å². The molecule has 0 spiro atoms. The van der Waals surface area contributed by atoms with Crippen LogP contribution in [0, 0.1) is 17.8 Å². The molecule has 4 unspecified atom stereocenters. The van der Waals surface area contributed by atoms with Crippen LogP contribution in [-0.4, -0.2) is 37.1 Å². The van der Waals surface area contributed by atoms with Crippen LogP contribution in [0.2, 0.25) is 0 Å². The SMILES string of the molecule is CC1CN(CCOC(=O)C(c2ccccc2)C2C=CCCC2)CC1C.Cl. The van der Waals surface area contributed by atoms with E-state index in [1.165, 1.54) is 0 Å². The van der Waals surface area contributed by atoms with E-state index in [9.17, 15) is 4.79 Å². The van der Waals surface area contributed by atoms with Crippen molar-refractivity contribution in [3.05, 3.63) is 48.0 Å². The highest BCUT2D eigenvalue weighted by Crippen LogP contribution is 2.33. The Bertz CT molecular complexity index is 579. The molecule has 4 atom stereocenters. The third-order valence-corrected chi connectivity index (χ3v) is 5.85. The van der Waals surface area contributed by atoms with Gasteiger partial charge < -0.3 is 4.74 Å².